The van der Waals surface area contributed by atoms with Crippen molar-refractivity contribution in [3.63, 3.8) is 0 Å². The van der Waals surface area contributed by atoms with E-state index in [0.717, 1.165) is 16.2 Å². The number of carbonyl (C=O) groups is 1. The maximum Gasteiger partial charge on any atom is 0.343 e. The second-order valence-electron chi connectivity index (χ2n) is 5.55. The van der Waals surface area contributed by atoms with Crippen molar-refractivity contribution in [3.05, 3.63) is 66.5 Å². The molecule has 1 amide bonds. The van der Waals surface area contributed by atoms with E-state index in [4.69, 9.17) is 0 Å². The normalized spacial score (nSPS) is 17.5. The molecule has 2 aromatic rings. The van der Waals surface area contributed by atoms with E-state index < -0.39 is 11.4 Å². The summed E-state index contributed by atoms with van der Waals surface area (Å²) in [4.78, 5) is 12.5. The van der Waals surface area contributed by atoms with Gasteiger partial charge in [0.25, 0.3) is 5.70 Å². The second kappa shape index (κ2) is 4.82. The van der Waals surface area contributed by atoms with E-state index >= 15 is 0 Å². The van der Waals surface area contributed by atoms with E-state index in [-0.39, 0.29) is 0 Å². The summed E-state index contributed by atoms with van der Waals surface area (Å²) in [6.07, 6.45) is 3.62. The lowest BCUT2D eigenvalue weighted by Gasteiger charge is -2.27. The van der Waals surface area contributed by atoms with Crippen LogP contribution in [0.5, 0.6) is 0 Å². The van der Waals surface area contributed by atoms with Crippen LogP contribution in [0, 0.1) is 0 Å². The van der Waals surface area contributed by atoms with E-state index in [0.29, 0.717) is 5.70 Å². The average Bonchev–Trinajstić information content (AvgIpc) is 2.69. The third-order valence-corrected chi connectivity index (χ3v) is 3.81. The lowest BCUT2D eigenvalue weighted by molar-refractivity contribution is -0.577. The van der Waals surface area contributed by atoms with Crippen LogP contribution in [0.1, 0.15) is 19.4 Å². The molecule has 0 fully saturated rings. The minimum atomic E-state index is -0.781. The summed E-state index contributed by atoms with van der Waals surface area (Å²) in [6.45, 7) is 3.67. The number of pyridine rings is 1. The van der Waals surface area contributed by atoms with Gasteiger partial charge in [-0.1, -0.05) is 36.4 Å². The van der Waals surface area contributed by atoms with Crippen LogP contribution in [-0.2, 0) is 4.79 Å². The average molecular weight is 281 g/mol. The van der Waals surface area contributed by atoms with Crippen LogP contribution in [0.4, 0.5) is 0 Å². The summed E-state index contributed by atoms with van der Waals surface area (Å²) in [7, 11) is 0. The number of hydrogen-bond donors (Lipinski definition) is 1. The molecule has 0 saturated carbocycles. The van der Waals surface area contributed by atoms with Crippen molar-refractivity contribution in [2.24, 2.45) is 0 Å². The standard InChI is InChI=1S/C17H17N2O2/c1-17(2)14(13-9-5-3-6-10-13)15(16(20)19(17)21)18-11-7-4-8-12-18/h3-12,21H,1-2H3/q+1. The Morgan fingerprint density at radius 2 is 1.57 bits per heavy atom. The molecule has 106 valence electrons. The predicted molar refractivity (Wildman–Crippen MR) is 78.9 cm³/mol. The summed E-state index contributed by atoms with van der Waals surface area (Å²) in [5.74, 6) is -0.393. The van der Waals surface area contributed by atoms with E-state index in [1.54, 1.807) is 4.57 Å². The first-order valence-electron chi connectivity index (χ1n) is 6.84. The maximum absolute atomic E-state index is 12.5. The van der Waals surface area contributed by atoms with Crippen LogP contribution in [0.15, 0.2) is 60.9 Å². The molecule has 1 aromatic heterocycles. The lowest BCUT2D eigenvalue weighted by atomic mass is 9.89. The molecular formula is C17H17N2O2+. The van der Waals surface area contributed by atoms with Gasteiger partial charge in [-0.05, 0) is 19.4 Å². The van der Waals surface area contributed by atoms with Crippen molar-refractivity contribution in [2.45, 2.75) is 19.4 Å². The summed E-state index contributed by atoms with van der Waals surface area (Å²) < 4.78 is 1.75. The number of hydrogen-bond acceptors (Lipinski definition) is 2. The number of rotatable bonds is 2. The fourth-order valence-corrected chi connectivity index (χ4v) is 2.74. The molecule has 4 nitrogen and oxygen atoms in total. The van der Waals surface area contributed by atoms with Crippen LogP contribution in [0.2, 0.25) is 0 Å². The molecule has 0 bridgehead atoms. The van der Waals surface area contributed by atoms with Crippen molar-refractivity contribution < 1.29 is 14.6 Å². The predicted octanol–water partition coefficient (Wildman–Crippen LogP) is 2.35. The van der Waals surface area contributed by atoms with Gasteiger partial charge in [0.15, 0.2) is 12.4 Å². The van der Waals surface area contributed by atoms with Gasteiger partial charge in [0.1, 0.15) is 0 Å². The van der Waals surface area contributed by atoms with Crippen molar-refractivity contribution in [1.29, 1.82) is 0 Å². The molecular weight excluding hydrogens is 264 g/mol. The van der Waals surface area contributed by atoms with Gasteiger partial charge in [-0.15, -0.1) is 0 Å². The molecule has 0 atom stereocenters. The van der Waals surface area contributed by atoms with Gasteiger partial charge in [-0.25, -0.2) is 5.06 Å². The van der Waals surface area contributed by atoms with Crippen LogP contribution >= 0.6 is 0 Å². The fraction of sp³-hybridized carbons (Fsp3) is 0.176. The van der Waals surface area contributed by atoms with Gasteiger partial charge in [0.2, 0.25) is 0 Å². The number of amides is 1. The first kappa shape index (κ1) is 13.5. The highest BCUT2D eigenvalue weighted by molar-refractivity contribution is 6.23. The molecule has 21 heavy (non-hydrogen) atoms. The molecule has 0 radical (unpaired) electrons. The molecule has 3 rings (SSSR count). The smallest absolute Gasteiger partial charge is 0.285 e. The molecule has 0 unspecified atom stereocenters. The van der Waals surface area contributed by atoms with Crippen LogP contribution in [0.3, 0.4) is 0 Å². The Morgan fingerprint density at radius 3 is 2.19 bits per heavy atom. The Hall–Kier alpha value is -2.46. The van der Waals surface area contributed by atoms with Gasteiger partial charge in [-0.3, -0.25) is 10.0 Å². The Kier molecular flexibility index (Phi) is 3.11. The Bertz CT molecular complexity index is 706. The molecule has 1 N–H and O–H groups in total. The second-order valence-corrected chi connectivity index (χ2v) is 5.55. The molecule has 0 saturated heterocycles. The zero-order valence-electron chi connectivity index (χ0n) is 12.0. The number of carbonyl (C=O) groups excluding carboxylic acids is 1. The maximum atomic E-state index is 12.5. The lowest BCUT2D eigenvalue weighted by Crippen LogP contribution is -2.42. The van der Waals surface area contributed by atoms with E-state index in [1.165, 1.54) is 0 Å². The Balaban J connectivity index is 2.30. The van der Waals surface area contributed by atoms with E-state index in [2.05, 4.69) is 0 Å². The van der Waals surface area contributed by atoms with Gasteiger partial charge >= 0.3 is 5.91 Å². The SMILES string of the molecule is CC1(C)C(c2ccccc2)=C([n+]2ccccc2)C(=O)N1O. The third kappa shape index (κ3) is 2.04. The minimum Gasteiger partial charge on any atom is -0.285 e. The van der Waals surface area contributed by atoms with Crippen LogP contribution in [-0.4, -0.2) is 21.7 Å². The monoisotopic (exact) mass is 281 g/mol. The highest BCUT2D eigenvalue weighted by Gasteiger charge is 2.50. The zero-order valence-corrected chi connectivity index (χ0v) is 12.0. The summed E-state index contributed by atoms with van der Waals surface area (Å²) >= 11 is 0. The van der Waals surface area contributed by atoms with Crippen molar-refractivity contribution in [1.82, 2.24) is 5.06 Å². The van der Waals surface area contributed by atoms with Crippen molar-refractivity contribution in [2.75, 3.05) is 0 Å². The third-order valence-electron chi connectivity index (χ3n) is 3.81. The molecule has 1 aliphatic rings. The molecule has 0 spiro atoms. The highest BCUT2D eigenvalue weighted by atomic mass is 16.5. The first-order valence-corrected chi connectivity index (χ1v) is 6.84. The zero-order chi connectivity index (χ0) is 15.0. The van der Waals surface area contributed by atoms with E-state index in [9.17, 15) is 10.0 Å². The van der Waals surface area contributed by atoms with Crippen LogP contribution in [0.25, 0.3) is 11.3 Å². The highest BCUT2D eigenvalue weighted by Crippen LogP contribution is 2.40. The van der Waals surface area contributed by atoms with Crippen molar-refractivity contribution >= 4 is 17.2 Å². The van der Waals surface area contributed by atoms with Crippen LogP contribution < -0.4 is 4.57 Å². The fourth-order valence-electron chi connectivity index (χ4n) is 2.74. The molecule has 0 aliphatic carbocycles. The molecule has 1 aromatic carbocycles. The largest absolute Gasteiger partial charge is 0.343 e. The Morgan fingerprint density at radius 1 is 1.00 bits per heavy atom. The molecule has 2 heterocycles. The van der Waals surface area contributed by atoms with Gasteiger partial charge in [0, 0.05) is 12.1 Å². The summed E-state index contributed by atoms with van der Waals surface area (Å²) in [6, 6.07) is 15.3. The number of hydroxylamine groups is 2. The summed E-state index contributed by atoms with van der Waals surface area (Å²) in [5, 5.41) is 11.0. The Labute approximate surface area is 123 Å². The van der Waals surface area contributed by atoms with Gasteiger partial charge in [0.05, 0.1) is 11.1 Å². The van der Waals surface area contributed by atoms with Gasteiger partial charge < -0.3 is 0 Å². The quantitative estimate of drug-likeness (QED) is 0.678. The number of benzene rings is 1. The molecule has 1 aliphatic heterocycles. The number of nitrogens with zero attached hydrogens (tertiary/aromatic N) is 2. The van der Waals surface area contributed by atoms with E-state index in [1.807, 2.05) is 74.8 Å². The number of aromatic nitrogens is 1. The summed E-state index contributed by atoms with van der Waals surface area (Å²) in [5.41, 5.74) is 1.44. The first-order chi connectivity index (χ1) is 10.0. The molecule has 4 heteroatoms. The van der Waals surface area contributed by atoms with Gasteiger partial charge in [-0.2, -0.15) is 4.57 Å². The minimum absolute atomic E-state index is 0.393. The van der Waals surface area contributed by atoms with Crippen molar-refractivity contribution in [3.8, 4) is 0 Å². The topological polar surface area (TPSA) is 44.4 Å².